The molecule has 6 heteroatoms. The van der Waals surface area contributed by atoms with E-state index >= 15 is 0 Å². The predicted molar refractivity (Wildman–Crippen MR) is 77.8 cm³/mol. The molecule has 1 rings (SSSR count). The van der Waals surface area contributed by atoms with Gasteiger partial charge in [-0.2, -0.15) is 11.8 Å². The van der Waals surface area contributed by atoms with Gasteiger partial charge in [0, 0.05) is 12.7 Å². The normalized spacial score (nSPS) is 11.9. The Morgan fingerprint density at radius 1 is 1.37 bits per heavy atom. The quantitative estimate of drug-likeness (QED) is 0.824. The molecule has 0 radical (unpaired) electrons. The lowest BCUT2D eigenvalue weighted by Gasteiger charge is -2.21. The Balaban J connectivity index is 2.73. The first kappa shape index (κ1) is 15.5. The molecule has 1 aromatic carbocycles. The van der Waals surface area contributed by atoms with Gasteiger partial charge in [0.1, 0.15) is 0 Å². The summed E-state index contributed by atoms with van der Waals surface area (Å²) in [4.78, 5) is 24.2. The first-order valence-electron chi connectivity index (χ1n) is 5.82. The molecule has 0 unspecified atom stereocenters. The highest BCUT2D eigenvalue weighted by molar-refractivity contribution is 7.98. The van der Waals surface area contributed by atoms with Gasteiger partial charge in [0.25, 0.3) is 0 Å². The van der Waals surface area contributed by atoms with Crippen molar-refractivity contribution < 1.29 is 14.7 Å². The maximum absolute atomic E-state index is 12.0. The van der Waals surface area contributed by atoms with Gasteiger partial charge < -0.3 is 15.7 Å². The number of carboxylic acids is 1. The second kappa shape index (κ2) is 7.16. The van der Waals surface area contributed by atoms with Gasteiger partial charge in [-0.1, -0.05) is 0 Å². The SMILES string of the molecule is CSCC[C@H](N)C(=O)N(C)c1ccc(C(=O)O)cc1. The number of hydrogen-bond donors (Lipinski definition) is 2. The van der Waals surface area contributed by atoms with Gasteiger partial charge in [0.2, 0.25) is 5.91 Å². The number of aromatic carboxylic acids is 1. The maximum atomic E-state index is 12.0. The molecule has 1 aromatic rings. The zero-order valence-electron chi connectivity index (χ0n) is 11.0. The van der Waals surface area contributed by atoms with Crippen LogP contribution in [0, 0.1) is 0 Å². The van der Waals surface area contributed by atoms with Crippen molar-refractivity contribution in [3.05, 3.63) is 29.8 Å². The third-order valence-electron chi connectivity index (χ3n) is 2.78. The summed E-state index contributed by atoms with van der Waals surface area (Å²) in [7, 11) is 1.64. The summed E-state index contributed by atoms with van der Waals surface area (Å²) < 4.78 is 0. The van der Waals surface area contributed by atoms with Crippen molar-refractivity contribution in [3.63, 3.8) is 0 Å². The lowest BCUT2D eigenvalue weighted by Crippen LogP contribution is -2.42. The Labute approximate surface area is 116 Å². The molecule has 0 fully saturated rings. The number of thioether (sulfide) groups is 1. The molecule has 0 spiro atoms. The number of carboxylic acid groups (broad SMARTS) is 1. The second-order valence-electron chi connectivity index (χ2n) is 4.14. The third kappa shape index (κ3) is 4.25. The van der Waals surface area contributed by atoms with Crippen LogP contribution in [0.2, 0.25) is 0 Å². The zero-order valence-corrected chi connectivity index (χ0v) is 11.8. The molecule has 0 saturated heterocycles. The summed E-state index contributed by atoms with van der Waals surface area (Å²) in [6, 6.07) is 5.60. The molecule has 5 nitrogen and oxygen atoms in total. The summed E-state index contributed by atoms with van der Waals surface area (Å²) in [5, 5.41) is 8.81. The van der Waals surface area contributed by atoms with Crippen LogP contribution in [0.3, 0.4) is 0 Å². The lowest BCUT2D eigenvalue weighted by molar-refractivity contribution is -0.119. The molecular weight excluding hydrogens is 264 g/mol. The Kier molecular flexibility index (Phi) is 5.85. The van der Waals surface area contributed by atoms with Crippen molar-refractivity contribution in [2.24, 2.45) is 5.73 Å². The van der Waals surface area contributed by atoms with Gasteiger partial charge in [0.15, 0.2) is 0 Å². The number of benzene rings is 1. The molecule has 1 atom stereocenters. The number of nitrogens with two attached hydrogens (primary N) is 1. The van der Waals surface area contributed by atoms with Gasteiger partial charge in [-0.25, -0.2) is 4.79 Å². The highest BCUT2D eigenvalue weighted by Crippen LogP contribution is 2.15. The Bertz CT molecular complexity index is 448. The minimum atomic E-state index is -0.989. The van der Waals surface area contributed by atoms with Gasteiger partial charge in [0.05, 0.1) is 11.6 Å². The van der Waals surface area contributed by atoms with E-state index in [2.05, 4.69) is 0 Å². The zero-order chi connectivity index (χ0) is 14.4. The number of amides is 1. The van der Waals surface area contributed by atoms with Crippen LogP contribution in [-0.2, 0) is 4.79 Å². The van der Waals surface area contributed by atoms with E-state index in [1.807, 2.05) is 6.26 Å². The fourth-order valence-electron chi connectivity index (χ4n) is 1.57. The summed E-state index contributed by atoms with van der Waals surface area (Å²) in [5.74, 6) is -0.326. The first-order chi connectivity index (χ1) is 8.97. The van der Waals surface area contributed by atoms with Crippen molar-refractivity contribution in [1.82, 2.24) is 0 Å². The number of hydrogen-bond acceptors (Lipinski definition) is 4. The molecule has 0 aliphatic carbocycles. The van der Waals surface area contributed by atoms with Gasteiger partial charge in [-0.05, 0) is 42.7 Å². The average molecular weight is 282 g/mol. The van der Waals surface area contributed by atoms with Crippen molar-refractivity contribution in [3.8, 4) is 0 Å². The van der Waals surface area contributed by atoms with Gasteiger partial charge in [-0.3, -0.25) is 4.79 Å². The van der Waals surface area contributed by atoms with E-state index in [1.54, 1.807) is 30.9 Å². The van der Waals surface area contributed by atoms with E-state index in [9.17, 15) is 9.59 Å². The predicted octanol–water partition coefficient (Wildman–Crippen LogP) is 1.43. The molecule has 104 valence electrons. The molecule has 1 amide bonds. The first-order valence-corrected chi connectivity index (χ1v) is 7.22. The van der Waals surface area contributed by atoms with Crippen LogP contribution < -0.4 is 10.6 Å². The van der Waals surface area contributed by atoms with E-state index in [-0.39, 0.29) is 11.5 Å². The maximum Gasteiger partial charge on any atom is 0.335 e. The van der Waals surface area contributed by atoms with E-state index in [0.717, 1.165) is 5.75 Å². The Hall–Kier alpha value is -1.53. The van der Waals surface area contributed by atoms with Crippen LogP contribution in [0.1, 0.15) is 16.8 Å². The number of carbonyl (C=O) groups excluding carboxylic acids is 1. The van der Waals surface area contributed by atoms with Crippen LogP contribution in [0.25, 0.3) is 0 Å². The summed E-state index contributed by atoms with van der Waals surface area (Å²) in [6.07, 6.45) is 2.59. The molecule has 0 saturated carbocycles. The van der Waals surface area contributed by atoms with Gasteiger partial charge in [-0.15, -0.1) is 0 Å². The summed E-state index contributed by atoms with van der Waals surface area (Å²) >= 11 is 1.64. The largest absolute Gasteiger partial charge is 0.478 e. The van der Waals surface area contributed by atoms with E-state index < -0.39 is 12.0 Å². The average Bonchev–Trinajstić information content (AvgIpc) is 2.43. The van der Waals surface area contributed by atoms with Crippen molar-refractivity contribution >= 4 is 29.3 Å². The molecule has 0 aliphatic heterocycles. The second-order valence-corrected chi connectivity index (χ2v) is 5.12. The minimum absolute atomic E-state index is 0.169. The molecule has 0 aliphatic rings. The van der Waals surface area contributed by atoms with E-state index in [4.69, 9.17) is 10.8 Å². The van der Waals surface area contributed by atoms with Crippen molar-refractivity contribution in [2.45, 2.75) is 12.5 Å². The Morgan fingerprint density at radius 3 is 2.42 bits per heavy atom. The van der Waals surface area contributed by atoms with Crippen LogP contribution in [0.4, 0.5) is 5.69 Å². The molecule has 0 heterocycles. The highest BCUT2D eigenvalue weighted by Gasteiger charge is 2.18. The molecule has 0 bridgehead atoms. The number of anilines is 1. The molecule has 3 N–H and O–H groups in total. The fraction of sp³-hybridized carbons (Fsp3) is 0.385. The topological polar surface area (TPSA) is 83.6 Å². The monoisotopic (exact) mass is 282 g/mol. The van der Waals surface area contributed by atoms with E-state index in [0.29, 0.717) is 12.1 Å². The Morgan fingerprint density at radius 2 is 1.95 bits per heavy atom. The van der Waals surface area contributed by atoms with Crippen LogP contribution in [-0.4, -0.2) is 42.1 Å². The summed E-state index contributed by atoms with van der Waals surface area (Å²) in [5.41, 5.74) is 6.65. The number of rotatable bonds is 6. The minimum Gasteiger partial charge on any atom is -0.478 e. The van der Waals surface area contributed by atoms with Crippen LogP contribution in [0.5, 0.6) is 0 Å². The third-order valence-corrected chi connectivity index (χ3v) is 3.43. The smallest absolute Gasteiger partial charge is 0.335 e. The van der Waals surface area contributed by atoms with Crippen molar-refractivity contribution in [2.75, 3.05) is 24.0 Å². The van der Waals surface area contributed by atoms with Crippen molar-refractivity contribution in [1.29, 1.82) is 0 Å². The van der Waals surface area contributed by atoms with Gasteiger partial charge >= 0.3 is 5.97 Å². The molecular formula is C13H18N2O3S. The molecule has 19 heavy (non-hydrogen) atoms. The number of likely N-dealkylation sites (N-methyl/N-ethyl adjacent to an activating group) is 1. The van der Waals surface area contributed by atoms with Crippen LogP contribution in [0.15, 0.2) is 24.3 Å². The summed E-state index contributed by atoms with van der Waals surface area (Å²) in [6.45, 7) is 0. The molecule has 0 aromatic heterocycles. The number of nitrogens with zero attached hydrogens (tertiary/aromatic N) is 1. The number of carbonyl (C=O) groups is 2. The fourth-order valence-corrected chi connectivity index (χ4v) is 2.06. The highest BCUT2D eigenvalue weighted by atomic mass is 32.2. The lowest BCUT2D eigenvalue weighted by atomic mass is 10.1. The van der Waals surface area contributed by atoms with Crippen LogP contribution >= 0.6 is 11.8 Å². The standard InChI is InChI=1S/C13H18N2O3S/c1-15(12(16)11(14)7-8-19-2)10-5-3-9(4-6-10)13(17)18/h3-6,11H,7-8,14H2,1-2H3,(H,17,18)/t11-/m0/s1. The van der Waals surface area contributed by atoms with E-state index in [1.165, 1.54) is 17.0 Å².